The molecule has 1 atom stereocenters. The molecule has 1 aliphatic heterocycles. The quantitative estimate of drug-likeness (QED) is 0.181. The minimum atomic E-state index is 0.0118. The Morgan fingerprint density at radius 2 is 1.18 bits per heavy atom. The van der Waals surface area contributed by atoms with E-state index in [0.29, 0.717) is 0 Å². The number of nitrogens with zero attached hydrogens (tertiary/aromatic N) is 2. The van der Waals surface area contributed by atoms with E-state index in [1.165, 1.54) is 42.3 Å². The van der Waals surface area contributed by atoms with Gasteiger partial charge < -0.3 is 23.6 Å². The van der Waals surface area contributed by atoms with Gasteiger partial charge in [-0.2, -0.15) is 0 Å². The van der Waals surface area contributed by atoms with Crippen LogP contribution in [0.15, 0.2) is 221 Å². The SMILES string of the molecule is C1=CNC(n2c3ccccc3c3ccc(-c4ccc5oc6c(cc(-c7ccccc7)c7sc8c(N(c9ccccc9)c9ccc%10c(c9)oc9ccccc9%10)cccc8c76)c5c4)cc32)C=C1. The van der Waals surface area contributed by atoms with Gasteiger partial charge in [0, 0.05) is 70.8 Å². The van der Waals surface area contributed by atoms with Gasteiger partial charge in [0.15, 0.2) is 0 Å². The number of thiophene rings is 1. The van der Waals surface area contributed by atoms with Crippen LogP contribution in [0, 0.1) is 0 Å². The molecule has 1 unspecified atom stereocenters. The Balaban J connectivity index is 0.988. The van der Waals surface area contributed by atoms with Crippen molar-refractivity contribution in [3.63, 3.8) is 0 Å². The Morgan fingerprint density at radius 1 is 0.462 bits per heavy atom. The van der Waals surface area contributed by atoms with Gasteiger partial charge in [-0.3, -0.25) is 0 Å². The lowest BCUT2D eigenvalue weighted by Crippen LogP contribution is -2.21. The van der Waals surface area contributed by atoms with Crippen LogP contribution in [-0.2, 0) is 0 Å². The highest BCUT2D eigenvalue weighted by molar-refractivity contribution is 7.27. The molecule has 0 spiro atoms. The summed E-state index contributed by atoms with van der Waals surface area (Å²) in [6.07, 6.45) is 8.40. The van der Waals surface area contributed by atoms with Crippen molar-refractivity contribution >= 4 is 114 Å². The number of allylic oxidation sites excluding steroid dienone is 2. The first kappa shape index (κ1) is 36.2. The van der Waals surface area contributed by atoms with Crippen molar-refractivity contribution in [2.45, 2.75) is 6.17 Å². The molecule has 0 bridgehead atoms. The molecule has 0 aliphatic carbocycles. The van der Waals surface area contributed by atoms with Crippen LogP contribution >= 0.6 is 11.3 Å². The third kappa shape index (κ3) is 5.51. The minimum absolute atomic E-state index is 0.0118. The third-order valence-electron chi connectivity index (χ3n) is 13.2. The summed E-state index contributed by atoms with van der Waals surface area (Å²) >= 11 is 1.83. The van der Waals surface area contributed by atoms with Crippen LogP contribution in [0.25, 0.3) is 108 Å². The lowest BCUT2D eigenvalue weighted by atomic mass is 9.97. The highest BCUT2D eigenvalue weighted by Crippen LogP contribution is 2.51. The number of rotatable bonds is 6. The van der Waals surface area contributed by atoms with E-state index < -0.39 is 0 Å². The summed E-state index contributed by atoms with van der Waals surface area (Å²) in [6, 6.07) is 67.6. The van der Waals surface area contributed by atoms with Gasteiger partial charge in [0.25, 0.3) is 0 Å². The molecule has 306 valence electrons. The van der Waals surface area contributed by atoms with E-state index in [4.69, 9.17) is 8.83 Å². The monoisotopic (exact) mass is 851 g/mol. The van der Waals surface area contributed by atoms with Gasteiger partial charge in [-0.05, 0) is 102 Å². The standard InChI is InChI=1S/C59H37N3O2S/c1-3-14-36(15-4-1)46-35-48-47-32-37(38-25-28-42-41-18-7-9-21-49(41)62(51(42)33-38)55-24-11-12-31-60-55)26-30-53(47)64-57(48)56-45-20-13-22-50(58(45)65-59(46)56)61(39-16-5-2-6-17-39)40-27-29-44-43-19-8-10-23-52(43)63-54(44)34-40/h1-35,55,60H. The van der Waals surface area contributed by atoms with Gasteiger partial charge in [-0.1, -0.05) is 121 Å². The molecular weight excluding hydrogens is 815 g/mol. The van der Waals surface area contributed by atoms with Crippen molar-refractivity contribution in [2.75, 3.05) is 4.90 Å². The Morgan fingerprint density at radius 3 is 2.06 bits per heavy atom. The summed E-state index contributed by atoms with van der Waals surface area (Å²) in [5.74, 6) is 0. The fraction of sp³-hybridized carbons (Fsp3) is 0.0169. The summed E-state index contributed by atoms with van der Waals surface area (Å²) in [5.41, 5.74) is 13.8. The van der Waals surface area contributed by atoms with Gasteiger partial charge in [0.2, 0.25) is 0 Å². The highest BCUT2D eigenvalue weighted by atomic mass is 32.1. The van der Waals surface area contributed by atoms with E-state index in [-0.39, 0.29) is 6.17 Å². The van der Waals surface area contributed by atoms with Crippen LogP contribution in [0.1, 0.15) is 6.17 Å². The number of benzene rings is 9. The second-order valence-electron chi connectivity index (χ2n) is 16.9. The average molecular weight is 852 g/mol. The van der Waals surface area contributed by atoms with Crippen LogP contribution in [0.3, 0.4) is 0 Å². The number of anilines is 3. The number of para-hydroxylation sites is 3. The molecule has 6 heteroatoms. The molecule has 0 saturated carbocycles. The smallest absolute Gasteiger partial charge is 0.144 e. The largest absolute Gasteiger partial charge is 0.456 e. The highest BCUT2D eigenvalue weighted by Gasteiger charge is 2.25. The van der Waals surface area contributed by atoms with E-state index in [1.807, 2.05) is 35.7 Å². The summed E-state index contributed by atoms with van der Waals surface area (Å²) < 4.78 is 18.3. The van der Waals surface area contributed by atoms with E-state index in [9.17, 15) is 0 Å². The minimum Gasteiger partial charge on any atom is -0.456 e. The number of dihydropyridines is 1. The summed E-state index contributed by atoms with van der Waals surface area (Å²) in [5, 5.41) is 12.8. The Bertz CT molecular complexity index is 4110. The molecule has 4 aromatic heterocycles. The van der Waals surface area contributed by atoms with Crippen LogP contribution < -0.4 is 10.2 Å². The number of hydrogen-bond acceptors (Lipinski definition) is 5. The molecule has 0 saturated heterocycles. The molecule has 0 fully saturated rings. The van der Waals surface area contributed by atoms with Gasteiger partial charge in [-0.25, -0.2) is 0 Å². The second-order valence-corrected chi connectivity index (χ2v) is 17.9. The number of aromatic nitrogens is 1. The first-order chi connectivity index (χ1) is 32.2. The Hall–Kier alpha value is -8.32. The fourth-order valence-electron chi connectivity index (χ4n) is 10.3. The van der Waals surface area contributed by atoms with Gasteiger partial charge in [0.1, 0.15) is 28.5 Å². The lowest BCUT2D eigenvalue weighted by Gasteiger charge is -2.26. The molecule has 5 heterocycles. The molecular formula is C59H37N3O2S. The van der Waals surface area contributed by atoms with Crippen LogP contribution in [0.4, 0.5) is 17.1 Å². The van der Waals surface area contributed by atoms with E-state index in [1.54, 1.807) is 0 Å². The predicted molar refractivity (Wildman–Crippen MR) is 273 cm³/mol. The topological polar surface area (TPSA) is 46.5 Å². The maximum absolute atomic E-state index is 7.02. The maximum Gasteiger partial charge on any atom is 0.144 e. The van der Waals surface area contributed by atoms with Crippen LogP contribution in [0.5, 0.6) is 0 Å². The molecule has 9 aromatic carbocycles. The summed E-state index contributed by atoms with van der Waals surface area (Å²) in [4.78, 5) is 2.36. The maximum atomic E-state index is 7.02. The molecule has 0 amide bonds. The number of fused-ring (bicyclic) bond motifs is 13. The first-order valence-electron chi connectivity index (χ1n) is 22.0. The molecule has 0 radical (unpaired) electrons. The molecule has 13 aromatic rings. The van der Waals surface area contributed by atoms with E-state index in [2.05, 4.69) is 203 Å². The zero-order chi connectivity index (χ0) is 42.6. The average Bonchev–Trinajstić information content (AvgIpc) is 4.13. The molecule has 14 rings (SSSR count). The summed E-state index contributed by atoms with van der Waals surface area (Å²) in [6.45, 7) is 0. The second kappa shape index (κ2) is 14.1. The van der Waals surface area contributed by atoms with Crippen molar-refractivity contribution in [2.24, 2.45) is 0 Å². The Kier molecular flexibility index (Phi) is 7.85. The van der Waals surface area contributed by atoms with Crippen molar-refractivity contribution in [1.82, 2.24) is 9.88 Å². The number of nitrogens with one attached hydrogen (secondary N) is 1. The lowest BCUT2D eigenvalue weighted by molar-refractivity contribution is 0.578. The van der Waals surface area contributed by atoms with Crippen LogP contribution in [-0.4, -0.2) is 4.57 Å². The van der Waals surface area contributed by atoms with Crippen molar-refractivity contribution in [3.05, 3.63) is 212 Å². The van der Waals surface area contributed by atoms with Gasteiger partial charge in [-0.15, -0.1) is 11.3 Å². The van der Waals surface area contributed by atoms with E-state index in [0.717, 1.165) is 82.8 Å². The molecule has 1 N–H and O–H groups in total. The molecule has 1 aliphatic rings. The fourth-order valence-corrected chi connectivity index (χ4v) is 11.6. The normalized spacial score (nSPS) is 14.0. The van der Waals surface area contributed by atoms with Crippen molar-refractivity contribution < 1.29 is 8.83 Å². The third-order valence-corrected chi connectivity index (χ3v) is 14.5. The predicted octanol–water partition coefficient (Wildman–Crippen LogP) is 16.9. The molecule has 5 nitrogen and oxygen atoms in total. The number of furan rings is 2. The molecule has 65 heavy (non-hydrogen) atoms. The summed E-state index contributed by atoms with van der Waals surface area (Å²) in [7, 11) is 0. The van der Waals surface area contributed by atoms with E-state index >= 15 is 0 Å². The number of hydrogen-bond donors (Lipinski definition) is 1. The zero-order valence-electron chi connectivity index (χ0n) is 34.9. The van der Waals surface area contributed by atoms with Crippen molar-refractivity contribution in [3.8, 4) is 22.3 Å². The van der Waals surface area contributed by atoms with Crippen molar-refractivity contribution in [1.29, 1.82) is 0 Å². The van der Waals surface area contributed by atoms with Gasteiger partial charge >= 0.3 is 0 Å². The first-order valence-corrected chi connectivity index (χ1v) is 22.8. The Labute approximate surface area is 377 Å². The van der Waals surface area contributed by atoms with Gasteiger partial charge in [0.05, 0.1) is 21.4 Å². The zero-order valence-corrected chi connectivity index (χ0v) is 35.7. The van der Waals surface area contributed by atoms with Crippen LogP contribution in [0.2, 0.25) is 0 Å².